The number of amides is 2. The van der Waals surface area contributed by atoms with E-state index in [-0.39, 0.29) is 28.5 Å². The van der Waals surface area contributed by atoms with Gasteiger partial charge >= 0.3 is 0 Å². The minimum absolute atomic E-state index is 0.168. The van der Waals surface area contributed by atoms with Gasteiger partial charge in [-0.15, -0.1) is 0 Å². The number of halogens is 2. The second-order valence-corrected chi connectivity index (χ2v) is 10.2. The van der Waals surface area contributed by atoms with Gasteiger partial charge in [0, 0.05) is 35.2 Å². The van der Waals surface area contributed by atoms with Crippen LogP contribution in [0.25, 0.3) is 11.1 Å². The molecule has 5 rings (SSSR count). The molecule has 0 saturated carbocycles. The predicted molar refractivity (Wildman–Crippen MR) is 143 cm³/mol. The highest BCUT2D eigenvalue weighted by atomic mass is 35.5. The zero-order chi connectivity index (χ0) is 27.0. The molecule has 4 aromatic rings. The lowest BCUT2D eigenvalue weighted by molar-refractivity contribution is 0.0744. The van der Waals surface area contributed by atoms with Crippen molar-refractivity contribution in [2.45, 2.75) is 20.0 Å². The summed E-state index contributed by atoms with van der Waals surface area (Å²) < 4.78 is 10.6. The number of aryl methyl sites for hydroxylation is 1. The van der Waals surface area contributed by atoms with Crippen molar-refractivity contribution in [3.8, 4) is 22.6 Å². The molecule has 0 spiro atoms. The van der Waals surface area contributed by atoms with E-state index in [2.05, 4.69) is 25.3 Å². The number of nitrogens with one attached hydrogen (secondary N) is 1. The summed E-state index contributed by atoms with van der Waals surface area (Å²) in [6.45, 7) is 2.44. The average molecular weight is 571 g/mol. The fourth-order valence-corrected chi connectivity index (χ4v) is 5.36. The van der Waals surface area contributed by atoms with Crippen molar-refractivity contribution in [2.75, 3.05) is 19.5 Å². The quantitative estimate of drug-likeness (QED) is 0.320. The van der Waals surface area contributed by atoms with E-state index >= 15 is 0 Å². The number of carbonyl (C=O) groups excluding carboxylic acids is 2. The Hall–Kier alpha value is -3.80. The number of ether oxygens (including phenoxy) is 2. The molecule has 2 amide bonds. The Morgan fingerprint density at radius 2 is 1.79 bits per heavy atom. The van der Waals surface area contributed by atoms with Crippen LogP contribution in [-0.4, -0.2) is 50.9 Å². The number of methoxy groups -OCH3 is 2. The van der Waals surface area contributed by atoms with Gasteiger partial charge in [-0.3, -0.25) is 19.9 Å². The van der Waals surface area contributed by atoms with E-state index in [1.54, 1.807) is 17.0 Å². The summed E-state index contributed by atoms with van der Waals surface area (Å²) in [5.74, 6) is 0.237. The molecule has 1 aliphatic heterocycles. The molecule has 1 aliphatic rings. The molecule has 0 aromatic carbocycles. The smallest absolute Gasteiger partial charge is 0.273 e. The van der Waals surface area contributed by atoms with Crippen molar-refractivity contribution in [2.24, 2.45) is 0 Å². The molecular weight excluding hydrogens is 551 g/mol. The summed E-state index contributed by atoms with van der Waals surface area (Å²) in [6, 6.07) is 6.50. The number of anilines is 1. The minimum Gasteiger partial charge on any atom is -0.497 e. The van der Waals surface area contributed by atoms with Gasteiger partial charge in [0.15, 0.2) is 5.13 Å². The number of aromatic nitrogens is 4. The van der Waals surface area contributed by atoms with Gasteiger partial charge in [0.1, 0.15) is 27.5 Å². The van der Waals surface area contributed by atoms with Gasteiger partial charge in [0.2, 0.25) is 0 Å². The van der Waals surface area contributed by atoms with Crippen molar-refractivity contribution in [3.05, 3.63) is 74.5 Å². The molecular formula is C25H20Cl2N6O4S. The van der Waals surface area contributed by atoms with E-state index in [1.807, 2.05) is 6.92 Å². The second-order valence-electron chi connectivity index (χ2n) is 8.30. The van der Waals surface area contributed by atoms with Crippen LogP contribution in [-0.2, 0) is 13.1 Å². The van der Waals surface area contributed by atoms with Gasteiger partial charge in [-0.05, 0) is 19.1 Å². The zero-order valence-electron chi connectivity index (χ0n) is 20.4. The maximum Gasteiger partial charge on any atom is 0.273 e. The summed E-state index contributed by atoms with van der Waals surface area (Å²) in [5, 5.41) is 3.71. The Morgan fingerprint density at radius 1 is 0.974 bits per heavy atom. The number of fused-ring (bicyclic) bond motifs is 1. The van der Waals surface area contributed by atoms with Gasteiger partial charge in [0.05, 0.1) is 49.6 Å². The van der Waals surface area contributed by atoms with E-state index < -0.39 is 5.91 Å². The number of hydrogen-bond acceptors (Lipinski definition) is 9. The summed E-state index contributed by atoms with van der Waals surface area (Å²) in [6.07, 6.45) is 3.00. The van der Waals surface area contributed by atoms with Crippen LogP contribution in [0, 0.1) is 6.92 Å². The number of nitrogens with zero attached hydrogens (tertiary/aromatic N) is 5. The maximum atomic E-state index is 13.3. The van der Waals surface area contributed by atoms with Crippen LogP contribution in [0.4, 0.5) is 5.13 Å². The molecule has 0 saturated heterocycles. The normalized spacial score (nSPS) is 12.3. The van der Waals surface area contributed by atoms with Gasteiger partial charge < -0.3 is 14.4 Å². The van der Waals surface area contributed by atoms with Crippen molar-refractivity contribution in [3.63, 3.8) is 0 Å². The van der Waals surface area contributed by atoms with Gasteiger partial charge in [-0.2, -0.15) is 0 Å². The summed E-state index contributed by atoms with van der Waals surface area (Å²) in [7, 11) is 3.01. The highest BCUT2D eigenvalue weighted by Crippen LogP contribution is 2.36. The fraction of sp³-hybridized carbons (Fsp3) is 0.200. The van der Waals surface area contributed by atoms with Crippen LogP contribution < -0.4 is 14.8 Å². The van der Waals surface area contributed by atoms with E-state index in [9.17, 15) is 9.59 Å². The monoisotopic (exact) mass is 570 g/mol. The largest absolute Gasteiger partial charge is 0.497 e. The average Bonchev–Trinajstić information content (AvgIpc) is 3.46. The molecule has 13 heteroatoms. The summed E-state index contributed by atoms with van der Waals surface area (Å²) in [5.41, 5.74) is 3.15. The van der Waals surface area contributed by atoms with Crippen molar-refractivity contribution < 1.29 is 19.1 Å². The standard InChI is InChI=1S/C25H20Cl2N6O4S/c1-12-4-14(15-7-21(26)29-9-19(15)37-3)16(8-28-12)23(34)32-25-31-18-10-33(11-20(18)38-25)24(35)17-5-13(36-2)6-22(27)30-17/h4-9H,10-11H2,1-3H3,(H,31,32,34). The van der Waals surface area contributed by atoms with Gasteiger partial charge in [0.25, 0.3) is 11.8 Å². The predicted octanol–water partition coefficient (Wildman–Crippen LogP) is 5.04. The molecule has 38 heavy (non-hydrogen) atoms. The zero-order valence-corrected chi connectivity index (χ0v) is 22.7. The molecule has 0 fully saturated rings. The van der Waals surface area contributed by atoms with E-state index in [4.69, 9.17) is 32.7 Å². The number of hydrogen-bond donors (Lipinski definition) is 1. The molecule has 1 N–H and O–H groups in total. The lowest BCUT2D eigenvalue weighted by atomic mass is 10.0. The third-order valence-corrected chi connectivity index (χ3v) is 7.21. The molecule has 0 aliphatic carbocycles. The third-order valence-electron chi connectivity index (χ3n) is 5.81. The Bertz CT molecular complexity index is 1550. The molecule has 0 unspecified atom stereocenters. The SMILES string of the molecule is COc1cc(Cl)nc(C(=O)N2Cc3nc(NC(=O)c4cnc(C)cc4-c4cc(Cl)ncc4OC)sc3C2)c1. The molecule has 5 heterocycles. The van der Waals surface area contributed by atoms with Gasteiger partial charge in [-0.25, -0.2) is 15.0 Å². The molecule has 0 bridgehead atoms. The van der Waals surface area contributed by atoms with Crippen molar-refractivity contribution in [1.29, 1.82) is 0 Å². The lowest BCUT2D eigenvalue weighted by Crippen LogP contribution is -2.26. The Kier molecular flexibility index (Phi) is 7.15. The Morgan fingerprint density at radius 3 is 2.53 bits per heavy atom. The minimum atomic E-state index is -0.391. The summed E-state index contributed by atoms with van der Waals surface area (Å²) in [4.78, 5) is 45.8. The number of carbonyl (C=O) groups is 2. The fourth-order valence-electron chi connectivity index (χ4n) is 4.02. The van der Waals surface area contributed by atoms with Crippen LogP contribution in [0.1, 0.15) is 37.1 Å². The van der Waals surface area contributed by atoms with Crippen LogP contribution in [0.5, 0.6) is 11.5 Å². The topological polar surface area (TPSA) is 119 Å². The lowest BCUT2D eigenvalue weighted by Gasteiger charge is -2.15. The van der Waals surface area contributed by atoms with Crippen LogP contribution >= 0.6 is 34.5 Å². The van der Waals surface area contributed by atoms with Crippen LogP contribution in [0.2, 0.25) is 10.3 Å². The number of rotatable bonds is 6. The van der Waals surface area contributed by atoms with Crippen molar-refractivity contribution >= 4 is 51.5 Å². The van der Waals surface area contributed by atoms with Gasteiger partial charge in [-0.1, -0.05) is 34.5 Å². The molecule has 4 aromatic heterocycles. The number of thiazole rings is 1. The first-order chi connectivity index (χ1) is 18.2. The second kappa shape index (κ2) is 10.5. The third kappa shape index (κ3) is 5.13. The van der Waals surface area contributed by atoms with Crippen LogP contribution in [0.3, 0.4) is 0 Å². The first kappa shape index (κ1) is 25.8. The first-order valence-corrected chi connectivity index (χ1v) is 12.8. The Labute approximate surface area is 231 Å². The molecule has 0 radical (unpaired) electrons. The molecule has 194 valence electrons. The molecule has 10 nitrogen and oxygen atoms in total. The Balaban J connectivity index is 1.35. The highest BCUT2D eigenvalue weighted by molar-refractivity contribution is 7.16. The maximum absolute atomic E-state index is 13.3. The van der Waals surface area contributed by atoms with Crippen molar-refractivity contribution in [1.82, 2.24) is 24.8 Å². The summed E-state index contributed by atoms with van der Waals surface area (Å²) >= 11 is 13.4. The highest BCUT2D eigenvalue weighted by Gasteiger charge is 2.30. The molecule has 0 atom stereocenters. The van der Waals surface area contributed by atoms with Crippen LogP contribution in [0.15, 0.2) is 36.7 Å². The van der Waals surface area contributed by atoms with E-state index in [0.717, 1.165) is 10.6 Å². The number of pyridine rings is 3. The van der Waals surface area contributed by atoms with E-state index in [1.165, 1.54) is 50.1 Å². The first-order valence-electron chi connectivity index (χ1n) is 11.2. The van der Waals surface area contributed by atoms with E-state index in [0.29, 0.717) is 45.6 Å².